The van der Waals surface area contributed by atoms with Crippen LogP contribution in [0.3, 0.4) is 0 Å². The Hall–Kier alpha value is -0.900. The van der Waals surface area contributed by atoms with Gasteiger partial charge < -0.3 is 10.2 Å². The highest BCUT2D eigenvalue weighted by Gasteiger charge is 2.18. The molecule has 0 radical (unpaired) electrons. The van der Waals surface area contributed by atoms with Crippen molar-refractivity contribution in [3.63, 3.8) is 0 Å². The minimum Gasteiger partial charge on any atom is -0.309 e. The van der Waals surface area contributed by atoms with Crippen molar-refractivity contribution in [1.29, 1.82) is 0 Å². The van der Waals surface area contributed by atoms with Crippen LogP contribution in [-0.4, -0.2) is 56.1 Å². The molecule has 1 aromatic carbocycles. The zero-order chi connectivity index (χ0) is 12.8. The van der Waals surface area contributed by atoms with E-state index in [4.69, 9.17) is 0 Å². The Labute approximate surface area is 111 Å². The summed E-state index contributed by atoms with van der Waals surface area (Å²) in [5, 5.41) is 3.60. The highest BCUT2D eigenvalue weighted by molar-refractivity contribution is 5.19. The minimum absolute atomic E-state index is 0.458. The zero-order valence-electron chi connectivity index (χ0n) is 11.6. The Morgan fingerprint density at radius 2 is 1.78 bits per heavy atom. The van der Waals surface area contributed by atoms with E-state index in [-0.39, 0.29) is 0 Å². The van der Waals surface area contributed by atoms with E-state index < -0.39 is 0 Å². The number of hydrogen-bond donors (Lipinski definition) is 1. The fraction of sp³-hybridized carbons (Fsp3) is 0.600. The van der Waals surface area contributed by atoms with Gasteiger partial charge in [0.2, 0.25) is 0 Å². The van der Waals surface area contributed by atoms with Gasteiger partial charge in [-0.3, -0.25) is 4.90 Å². The predicted octanol–water partition coefficient (Wildman–Crippen LogP) is 1.58. The summed E-state index contributed by atoms with van der Waals surface area (Å²) >= 11 is 0. The molecule has 2 rings (SSSR count). The average Bonchev–Trinajstić information content (AvgIpc) is 2.42. The molecule has 100 valence electrons. The summed E-state index contributed by atoms with van der Waals surface area (Å²) in [7, 11) is 2.20. The zero-order valence-corrected chi connectivity index (χ0v) is 11.6. The maximum Gasteiger partial charge on any atom is 0.0449 e. The number of piperazine rings is 1. The molecule has 1 saturated heterocycles. The Balaban J connectivity index is 1.94. The van der Waals surface area contributed by atoms with Gasteiger partial charge in [0.1, 0.15) is 0 Å². The van der Waals surface area contributed by atoms with Crippen molar-refractivity contribution >= 4 is 0 Å². The van der Waals surface area contributed by atoms with E-state index in [0.717, 1.165) is 13.1 Å². The maximum atomic E-state index is 3.60. The molecule has 3 heteroatoms. The van der Waals surface area contributed by atoms with Crippen LogP contribution >= 0.6 is 0 Å². The van der Waals surface area contributed by atoms with Gasteiger partial charge >= 0.3 is 0 Å². The quantitative estimate of drug-likeness (QED) is 0.852. The summed E-state index contributed by atoms with van der Waals surface area (Å²) in [5.74, 6) is 0. The van der Waals surface area contributed by atoms with E-state index in [9.17, 15) is 0 Å². The molecule has 1 fully saturated rings. The molecule has 0 amide bonds. The summed E-state index contributed by atoms with van der Waals surface area (Å²) in [5.41, 5.74) is 1.40. The van der Waals surface area contributed by atoms with Crippen molar-refractivity contribution in [1.82, 2.24) is 15.1 Å². The molecule has 1 aromatic rings. The fourth-order valence-electron chi connectivity index (χ4n) is 2.51. The molecule has 0 bridgehead atoms. The number of nitrogens with zero attached hydrogens (tertiary/aromatic N) is 2. The van der Waals surface area contributed by atoms with E-state index in [1.165, 1.54) is 31.7 Å². The molecule has 1 heterocycles. The van der Waals surface area contributed by atoms with Crippen molar-refractivity contribution in [3.05, 3.63) is 35.9 Å². The summed E-state index contributed by atoms with van der Waals surface area (Å²) < 4.78 is 0. The number of nitrogens with one attached hydrogen (secondary N) is 1. The van der Waals surface area contributed by atoms with Crippen LogP contribution in [0.4, 0.5) is 0 Å². The monoisotopic (exact) mass is 247 g/mol. The van der Waals surface area contributed by atoms with Crippen LogP contribution in [0.15, 0.2) is 30.3 Å². The van der Waals surface area contributed by atoms with E-state index in [1.807, 2.05) is 0 Å². The SMILES string of the molecule is CCN[C@@H](CN1CCN(C)CC1)c1ccccc1. The third kappa shape index (κ3) is 3.80. The molecule has 1 aliphatic heterocycles. The normalized spacial score (nSPS) is 19.9. The lowest BCUT2D eigenvalue weighted by atomic mass is 10.1. The summed E-state index contributed by atoms with van der Waals surface area (Å²) in [4.78, 5) is 4.97. The van der Waals surface area contributed by atoms with Gasteiger partial charge in [-0.15, -0.1) is 0 Å². The minimum atomic E-state index is 0.458. The molecule has 0 spiro atoms. The summed E-state index contributed by atoms with van der Waals surface area (Å²) in [6.45, 7) is 9.07. The first-order valence-electron chi connectivity index (χ1n) is 6.99. The van der Waals surface area contributed by atoms with Gasteiger partial charge in [-0.25, -0.2) is 0 Å². The largest absolute Gasteiger partial charge is 0.309 e. The lowest BCUT2D eigenvalue weighted by molar-refractivity contribution is 0.142. The third-order valence-electron chi connectivity index (χ3n) is 3.69. The molecule has 3 nitrogen and oxygen atoms in total. The van der Waals surface area contributed by atoms with Crippen LogP contribution in [0.1, 0.15) is 18.5 Å². The molecular weight excluding hydrogens is 222 g/mol. The number of likely N-dealkylation sites (N-methyl/N-ethyl adjacent to an activating group) is 2. The smallest absolute Gasteiger partial charge is 0.0449 e. The number of benzene rings is 1. The highest BCUT2D eigenvalue weighted by Crippen LogP contribution is 2.15. The molecule has 0 saturated carbocycles. The van der Waals surface area contributed by atoms with Crippen LogP contribution in [0.5, 0.6) is 0 Å². The fourth-order valence-corrected chi connectivity index (χ4v) is 2.51. The Morgan fingerprint density at radius 1 is 1.11 bits per heavy atom. The molecule has 1 aliphatic rings. The summed E-state index contributed by atoms with van der Waals surface area (Å²) in [6.07, 6.45) is 0. The van der Waals surface area contributed by atoms with E-state index in [1.54, 1.807) is 0 Å². The van der Waals surface area contributed by atoms with Crippen LogP contribution in [-0.2, 0) is 0 Å². The molecule has 0 unspecified atom stereocenters. The molecule has 0 aromatic heterocycles. The van der Waals surface area contributed by atoms with Crippen LogP contribution in [0.25, 0.3) is 0 Å². The van der Waals surface area contributed by atoms with Crippen molar-refractivity contribution in [3.8, 4) is 0 Å². The predicted molar refractivity (Wildman–Crippen MR) is 76.8 cm³/mol. The second kappa shape index (κ2) is 6.88. The summed E-state index contributed by atoms with van der Waals surface area (Å²) in [6, 6.07) is 11.3. The second-order valence-corrected chi connectivity index (χ2v) is 5.12. The van der Waals surface area contributed by atoms with Gasteiger partial charge in [-0.05, 0) is 19.2 Å². The van der Waals surface area contributed by atoms with Crippen molar-refractivity contribution in [2.45, 2.75) is 13.0 Å². The van der Waals surface area contributed by atoms with Gasteiger partial charge in [-0.2, -0.15) is 0 Å². The van der Waals surface area contributed by atoms with Gasteiger partial charge in [-0.1, -0.05) is 37.3 Å². The first-order chi connectivity index (χ1) is 8.79. The Kier molecular flexibility index (Phi) is 5.17. The lowest BCUT2D eigenvalue weighted by Crippen LogP contribution is -2.47. The number of hydrogen-bond acceptors (Lipinski definition) is 3. The van der Waals surface area contributed by atoms with E-state index >= 15 is 0 Å². The second-order valence-electron chi connectivity index (χ2n) is 5.12. The highest BCUT2D eigenvalue weighted by atomic mass is 15.3. The average molecular weight is 247 g/mol. The Morgan fingerprint density at radius 3 is 2.39 bits per heavy atom. The molecule has 1 atom stereocenters. The first kappa shape index (κ1) is 13.5. The molecule has 1 N–H and O–H groups in total. The van der Waals surface area contributed by atoms with E-state index in [2.05, 4.69) is 59.4 Å². The van der Waals surface area contributed by atoms with Crippen LogP contribution < -0.4 is 5.32 Å². The van der Waals surface area contributed by atoms with E-state index in [0.29, 0.717) is 6.04 Å². The standard InChI is InChI=1S/C15H25N3/c1-3-16-15(14-7-5-4-6-8-14)13-18-11-9-17(2)10-12-18/h4-8,15-16H,3,9-13H2,1-2H3/t15-/m0/s1. The van der Waals surface area contributed by atoms with Gasteiger partial charge in [0.15, 0.2) is 0 Å². The lowest BCUT2D eigenvalue weighted by Gasteiger charge is -2.35. The van der Waals surface area contributed by atoms with Crippen LogP contribution in [0, 0.1) is 0 Å². The first-order valence-corrected chi connectivity index (χ1v) is 6.99. The van der Waals surface area contributed by atoms with Crippen molar-refractivity contribution in [2.75, 3.05) is 46.3 Å². The van der Waals surface area contributed by atoms with Crippen molar-refractivity contribution < 1.29 is 0 Å². The molecule has 0 aliphatic carbocycles. The van der Waals surface area contributed by atoms with Crippen molar-refractivity contribution in [2.24, 2.45) is 0 Å². The Bertz CT molecular complexity index is 331. The number of rotatable bonds is 5. The van der Waals surface area contributed by atoms with Crippen LogP contribution in [0.2, 0.25) is 0 Å². The van der Waals surface area contributed by atoms with Gasteiger partial charge in [0, 0.05) is 38.8 Å². The van der Waals surface area contributed by atoms with Gasteiger partial charge in [0.25, 0.3) is 0 Å². The third-order valence-corrected chi connectivity index (χ3v) is 3.69. The molecule has 18 heavy (non-hydrogen) atoms. The van der Waals surface area contributed by atoms with Gasteiger partial charge in [0.05, 0.1) is 0 Å². The molecular formula is C15H25N3. The topological polar surface area (TPSA) is 18.5 Å². The maximum absolute atomic E-state index is 3.60.